The van der Waals surface area contributed by atoms with Gasteiger partial charge in [-0.2, -0.15) is 13.2 Å². The van der Waals surface area contributed by atoms with E-state index >= 15 is 0 Å². The van der Waals surface area contributed by atoms with Crippen molar-refractivity contribution in [2.24, 2.45) is 5.92 Å². The molecule has 3 fully saturated rings. The van der Waals surface area contributed by atoms with Crippen LogP contribution in [0.3, 0.4) is 0 Å². The number of fused-ring (bicyclic) bond motifs is 1. The van der Waals surface area contributed by atoms with E-state index in [1.807, 2.05) is 30.3 Å². The number of amides is 3. The lowest BCUT2D eigenvalue weighted by Crippen LogP contribution is -2.53. The van der Waals surface area contributed by atoms with E-state index < -0.39 is 29.2 Å². The molecule has 0 spiro atoms. The van der Waals surface area contributed by atoms with E-state index in [1.54, 1.807) is 28.0 Å². The predicted octanol–water partition coefficient (Wildman–Crippen LogP) is 4.78. The number of hydrogen-bond donors (Lipinski definition) is 3. The van der Waals surface area contributed by atoms with Crippen molar-refractivity contribution in [3.05, 3.63) is 107 Å². The molecular weight excluding hydrogens is 778 g/mol. The maximum absolute atomic E-state index is 14.3. The van der Waals surface area contributed by atoms with Crippen molar-refractivity contribution >= 4 is 45.7 Å². The average molecular weight is 829 g/mol. The molecule has 7 rings (SSSR count). The molecule has 60 heavy (non-hydrogen) atoms. The number of carbonyl (C=O) groups excluding carboxylic acids is 3. The van der Waals surface area contributed by atoms with Gasteiger partial charge in [-0.05, 0) is 74.3 Å². The summed E-state index contributed by atoms with van der Waals surface area (Å²) in [5.41, 5.74) is -0.232. The fourth-order valence-electron chi connectivity index (χ4n) is 8.52. The van der Waals surface area contributed by atoms with E-state index in [1.165, 1.54) is 17.0 Å². The Hall–Kier alpha value is -5.58. The van der Waals surface area contributed by atoms with Gasteiger partial charge in [0.2, 0.25) is 17.7 Å². The third-order valence-corrected chi connectivity index (χ3v) is 12.1. The minimum atomic E-state index is -4.60. The molecule has 16 heteroatoms. The lowest BCUT2D eigenvalue weighted by atomic mass is 9.79. The topological polar surface area (TPSA) is 143 Å². The third kappa shape index (κ3) is 9.88. The van der Waals surface area contributed by atoms with Gasteiger partial charge in [0.05, 0.1) is 46.3 Å². The van der Waals surface area contributed by atoms with Crippen LogP contribution in [0.5, 0.6) is 0 Å². The van der Waals surface area contributed by atoms with Crippen LogP contribution in [0.15, 0.2) is 90.5 Å². The molecule has 3 aliphatic heterocycles. The van der Waals surface area contributed by atoms with Gasteiger partial charge in [0, 0.05) is 82.8 Å². The first kappa shape index (κ1) is 42.5. The van der Waals surface area contributed by atoms with Gasteiger partial charge < -0.3 is 35.3 Å². The Labute approximate surface area is 346 Å². The predicted molar refractivity (Wildman–Crippen MR) is 224 cm³/mol. The molecule has 3 aromatic carbocycles. The van der Waals surface area contributed by atoms with Crippen molar-refractivity contribution in [3.8, 4) is 0 Å². The monoisotopic (exact) mass is 828 g/mol. The highest BCUT2D eigenvalue weighted by molar-refractivity contribution is 6.01. The molecule has 318 valence electrons. The molecule has 2 atom stereocenters. The Morgan fingerprint density at radius 3 is 2.38 bits per heavy atom. The maximum Gasteiger partial charge on any atom is 0.416 e. The van der Waals surface area contributed by atoms with Crippen molar-refractivity contribution in [2.45, 2.75) is 49.9 Å². The van der Waals surface area contributed by atoms with Gasteiger partial charge in [-0.3, -0.25) is 23.7 Å². The number of anilines is 3. The van der Waals surface area contributed by atoms with Crippen molar-refractivity contribution in [2.75, 3.05) is 81.5 Å². The smallest absolute Gasteiger partial charge is 0.388 e. The van der Waals surface area contributed by atoms with E-state index in [0.29, 0.717) is 36.0 Å². The number of alkyl halides is 3. The lowest BCUT2D eigenvalue weighted by Gasteiger charge is -2.44. The number of likely N-dealkylation sites (N-methyl/N-ethyl adjacent to an activating group) is 1. The molecule has 0 radical (unpaired) electrons. The molecule has 3 amide bonds. The first-order valence-corrected chi connectivity index (χ1v) is 20.4. The van der Waals surface area contributed by atoms with E-state index in [4.69, 9.17) is 0 Å². The molecule has 1 aromatic heterocycles. The summed E-state index contributed by atoms with van der Waals surface area (Å²) in [7, 11) is 2.09. The van der Waals surface area contributed by atoms with E-state index in [-0.39, 0.29) is 80.2 Å². The van der Waals surface area contributed by atoms with E-state index in [2.05, 4.69) is 39.0 Å². The number of carbonyl (C=O) groups is 3. The highest BCUT2D eigenvalue weighted by Crippen LogP contribution is 2.41. The standard InChI is InChI=1S/C44H51F3N8O5/c1-3-39(56)50-36-12-9-31(44(45,46)47)25-38(36)54-18-13-33(35(27-54)30-7-5-4-6-8-30)41(58)53-19-15-43(60,16-20-53)28-55-29-48-37-26-32(10-11-34(37)42(55)59)49-40(57)14-17-52-23-21-51(2)22-24-52/h3-12,25-26,29,33,35,60H,1,13-24,27-28H2,2H3,(H,49,57)(H,50,56). The van der Waals surface area contributed by atoms with Crippen molar-refractivity contribution in [1.82, 2.24) is 24.3 Å². The largest absolute Gasteiger partial charge is 0.416 e. The lowest BCUT2D eigenvalue weighted by molar-refractivity contribution is -0.141. The summed E-state index contributed by atoms with van der Waals surface area (Å²) >= 11 is 0. The van der Waals surface area contributed by atoms with Crippen LogP contribution in [0.4, 0.5) is 30.2 Å². The van der Waals surface area contributed by atoms with Crippen LogP contribution in [0.2, 0.25) is 0 Å². The first-order valence-electron chi connectivity index (χ1n) is 20.4. The quantitative estimate of drug-likeness (QED) is 0.182. The second-order valence-corrected chi connectivity index (χ2v) is 16.2. The molecule has 0 bridgehead atoms. The van der Waals surface area contributed by atoms with Crippen molar-refractivity contribution in [3.63, 3.8) is 0 Å². The summed E-state index contributed by atoms with van der Waals surface area (Å²) in [5, 5.41) is 17.6. The zero-order valence-electron chi connectivity index (χ0n) is 33.7. The van der Waals surface area contributed by atoms with Gasteiger partial charge in [-0.1, -0.05) is 36.9 Å². The fourth-order valence-corrected chi connectivity index (χ4v) is 8.52. The fraction of sp³-hybridized carbons (Fsp3) is 0.432. The van der Waals surface area contributed by atoms with Crippen LogP contribution < -0.4 is 21.1 Å². The summed E-state index contributed by atoms with van der Waals surface area (Å²) in [6.45, 7) is 8.89. The average Bonchev–Trinajstić information content (AvgIpc) is 3.24. The van der Waals surface area contributed by atoms with Crippen LogP contribution in [-0.4, -0.2) is 119 Å². The third-order valence-electron chi connectivity index (χ3n) is 12.1. The highest BCUT2D eigenvalue weighted by atomic mass is 19.4. The van der Waals surface area contributed by atoms with Gasteiger partial charge >= 0.3 is 6.18 Å². The van der Waals surface area contributed by atoms with Crippen LogP contribution in [0.25, 0.3) is 10.9 Å². The normalized spacial score (nSPS) is 20.1. The van der Waals surface area contributed by atoms with Crippen LogP contribution >= 0.6 is 0 Å². The summed E-state index contributed by atoms with van der Waals surface area (Å²) in [6.07, 6.45) is -1.03. The minimum absolute atomic E-state index is 0.0195. The second kappa shape index (κ2) is 18.0. The molecule has 13 nitrogen and oxygen atoms in total. The number of hydrogen-bond acceptors (Lipinski definition) is 9. The molecule has 0 aliphatic carbocycles. The number of nitrogens with one attached hydrogen (secondary N) is 2. The molecule has 0 saturated carbocycles. The van der Waals surface area contributed by atoms with Gasteiger partial charge in [0.25, 0.3) is 5.56 Å². The minimum Gasteiger partial charge on any atom is -0.388 e. The molecular formula is C44H51F3N8O5. The maximum atomic E-state index is 14.3. The Balaban J connectivity index is 0.998. The molecule has 3 N–H and O–H groups in total. The summed E-state index contributed by atoms with van der Waals surface area (Å²) in [4.78, 5) is 65.4. The molecule has 4 heterocycles. The van der Waals surface area contributed by atoms with Crippen LogP contribution in [0, 0.1) is 5.92 Å². The summed E-state index contributed by atoms with van der Waals surface area (Å²) < 4.78 is 43.0. The van der Waals surface area contributed by atoms with Gasteiger partial charge in [-0.15, -0.1) is 0 Å². The van der Waals surface area contributed by atoms with E-state index in [9.17, 15) is 37.5 Å². The zero-order chi connectivity index (χ0) is 42.6. The molecule has 3 saturated heterocycles. The number of piperidine rings is 2. The number of rotatable bonds is 11. The number of likely N-dealkylation sites (tertiary alicyclic amines) is 1. The second-order valence-electron chi connectivity index (χ2n) is 16.2. The number of aromatic nitrogens is 2. The van der Waals surface area contributed by atoms with Crippen molar-refractivity contribution < 1.29 is 32.7 Å². The highest BCUT2D eigenvalue weighted by Gasteiger charge is 2.42. The number of halogens is 3. The zero-order valence-corrected chi connectivity index (χ0v) is 33.7. The summed E-state index contributed by atoms with van der Waals surface area (Å²) in [6, 6.07) is 17.5. The van der Waals surface area contributed by atoms with E-state index in [0.717, 1.165) is 50.0 Å². The van der Waals surface area contributed by atoms with Gasteiger partial charge in [0.15, 0.2) is 0 Å². The number of nitrogens with zero attached hydrogens (tertiary/aromatic N) is 6. The Kier molecular flexibility index (Phi) is 12.7. The molecule has 4 aromatic rings. The SMILES string of the molecule is C=CC(=O)Nc1ccc(C(F)(F)F)cc1N1CCC(C(=O)N2CCC(O)(Cn3cnc4cc(NC(=O)CCN5CCN(C)CC5)ccc4c3=O)CC2)C(c2ccccc2)C1. The number of aliphatic hydroxyl groups is 1. The van der Waals surface area contributed by atoms with Gasteiger partial charge in [-0.25, -0.2) is 4.98 Å². The van der Waals surface area contributed by atoms with Crippen molar-refractivity contribution in [1.29, 1.82) is 0 Å². The first-order chi connectivity index (χ1) is 28.7. The summed E-state index contributed by atoms with van der Waals surface area (Å²) in [5.74, 6) is -1.67. The van der Waals surface area contributed by atoms with Crippen LogP contribution in [-0.2, 0) is 27.1 Å². The van der Waals surface area contributed by atoms with Gasteiger partial charge in [0.1, 0.15) is 0 Å². The van der Waals surface area contributed by atoms with Crippen LogP contribution in [0.1, 0.15) is 42.7 Å². The molecule has 3 aliphatic rings. The number of piperazine rings is 1. The Morgan fingerprint density at radius 2 is 1.68 bits per heavy atom. The Morgan fingerprint density at radius 1 is 0.950 bits per heavy atom. The number of benzene rings is 3. The molecule has 2 unspecified atom stereocenters. The Bertz CT molecular complexity index is 2270.